The minimum absolute atomic E-state index is 0.788. The monoisotopic (exact) mass is 277 g/mol. The number of hydrogen-bond acceptors (Lipinski definition) is 4. The van der Waals surface area contributed by atoms with E-state index in [1.165, 1.54) is 11.1 Å². The first-order chi connectivity index (χ1) is 10.4. The molecule has 0 bridgehead atoms. The van der Waals surface area contributed by atoms with Crippen LogP contribution in [-0.2, 0) is 0 Å². The lowest BCUT2D eigenvalue weighted by atomic mass is 10.0. The van der Waals surface area contributed by atoms with E-state index in [0.29, 0.717) is 0 Å². The zero-order chi connectivity index (χ0) is 14.1. The van der Waals surface area contributed by atoms with Crippen molar-refractivity contribution in [3.05, 3.63) is 54.5 Å². The summed E-state index contributed by atoms with van der Waals surface area (Å²) in [5.41, 5.74) is 3.41. The van der Waals surface area contributed by atoms with Crippen molar-refractivity contribution in [3.8, 4) is 0 Å². The van der Waals surface area contributed by atoms with E-state index in [1.807, 2.05) is 6.07 Å². The van der Waals surface area contributed by atoms with E-state index in [4.69, 9.17) is 0 Å². The summed E-state index contributed by atoms with van der Waals surface area (Å²) in [5, 5.41) is 7.94. The van der Waals surface area contributed by atoms with Crippen LogP contribution in [0.15, 0.2) is 48.9 Å². The molecule has 1 N–H and O–H groups in total. The van der Waals surface area contributed by atoms with Crippen LogP contribution in [0.2, 0.25) is 0 Å². The van der Waals surface area contributed by atoms with Crippen molar-refractivity contribution >= 4 is 22.4 Å². The van der Waals surface area contributed by atoms with Crippen molar-refractivity contribution < 1.29 is 0 Å². The fourth-order valence-corrected chi connectivity index (χ4v) is 2.79. The largest absolute Gasteiger partial charge is 0.351 e. The van der Waals surface area contributed by atoms with Gasteiger partial charge in [-0.1, -0.05) is 36.4 Å². The zero-order valence-corrected chi connectivity index (χ0v) is 11.5. The number of aromatic nitrogens is 4. The Kier molecular flexibility index (Phi) is 2.88. The van der Waals surface area contributed by atoms with E-state index in [-0.39, 0.29) is 0 Å². The second kappa shape index (κ2) is 5.01. The molecule has 0 saturated carbocycles. The summed E-state index contributed by atoms with van der Waals surface area (Å²) in [4.78, 5) is 11.0. The zero-order valence-electron chi connectivity index (χ0n) is 11.5. The van der Waals surface area contributed by atoms with Crippen molar-refractivity contribution in [3.63, 3.8) is 0 Å². The Bertz CT molecular complexity index is 791. The lowest BCUT2D eigenvalue weighted by Gasteiger charge is -2.28. The van der Waals surface area contributed by atoms with Gasteiger partial charge in [0.2, 0.25) is 0 Å². The van der Waals surface area contributed by atoms with Crippen LogP contribution in [0.25, 0.3) is 16.6 Å². The third kappa shape index (κ3) is 2.16. The number of nitrogens with one attached hydrogen (secondary N) is 1. The summed E-state index contributed by atoms with van der Waals surface area (Å²) >= 11 is 0. The van der Waals surface area contributed by atoms with E-state index in [2.05, 4.69) is 55.4 Å². The van der Waals surface area contributed by atoms with Gasteiger partial charge in [0.1, 0.15) is 12.1 Å². The molecule has 0 fully saturated rings. The summed E-state index contributed by atoms with van der Waals surface area (Å²) in [6.45, 7) is 1.83. The number of nitrogens with zero attached hydrogens (tertiary/aromatic N) is 4. The van der Waals surface area contributed by atoms with Gasteiger partial charge in [0.05, 0.1) is 11.6 Å². The van der Waals surface area contributed by atoms with Crippen LogP contribution >= 0.6 is 0 Å². The minimum atomic E-state index is 0.788. The summed E-state index contributed by atoms with van der Waals surface area (Å²) in [7, 11) is 0. The van der Waals surface area contributed by atoms with E-state index in [1.54, 1.807) is 12.5 Å². The second-order valence-electron chi connectivity index (χ2n) is 5.14. The first-order valence-corrected chi connectivity index (χ1v) is 7.05. The normalized spacial score (nSPS) is 15.2. The third-order valence-electron chi connectivity index (χ3n) is 3.82. The molecule has 1 aliphatic heterocycles. The lowest BCUT2D eigenvalue weighted by molar-refractivity contribution is 0.818. The summed E-state index contributed by atoms with van der Waals surface area (Å²) in [6.07, 6.45) is 6.73. The molecule has 0 aliphatic carbocycles. The standard InChI is InChI=1S/C16H15N5/c1-2-5-12(6-3-1)13-7-4-8-21(10-13)16-14-9-19-20-15(14)17-11-18-16/h1-3,5-7,9,11H,4,8,10H2,(H,17,18,19,20). The molecule has 5 heteroatoms. The summed E-state index contributed by atoms with van der Waals surface area (Å²) < 4.78 is 0. The molecule has 0 radical (unpaired) electrons. The number of H-pyrrole nitrogens is 1. The van der Waals surface area contributed by atoms with Gasteiger partial charge in [0, 0.05) is 13.1 Å². The molecule has 3 aromatic rings. The molecule has 1 aromatic carbocycles. The van der Waals surface area contributed by atoms with Crippen LogP contribution in [0.3, 0.4) is 0 Å². The molecule has 0 saturated heterocycles. The Morgan fingerprint density at radius 2 is 2.00 bits per heavy atom. The van der Waals surface area contributed by atoms with Crippen LogP contribution in [0.4, 0.5) is 5.82 Å². The fourth-order valence-electron chi connectivity index (χ4n) is 2.79. The molecule has 104 valence electrons. The molecule has 3 heterocycles. The number of benzene rings is 1. The van der Waals surface area contributed by atoms with Gasteiger partial charge >= 0.3 is 0 Å². The van der Waals surface area contributed by atoms with Crippen LogP contribution in [0.5, 0.6) is 0 Å². The first-order valence-electron chi connectivity index (χ1n) is 7.05. The molecular weight excluding hydrogens is 262 g/mol. The van der Waals surface area contributed by atoms with Gasteiger partial charge in [-0.2, -0.15) is 5.10 Å². The summed E-state index contributed by atoms with van der Waals surface area (Å²) in [5.74, 6) is 0.954. The van der Waals surface area contributed by atoms with Gasteiger partial charge in [-0.05, 0) is 17.6 Å². The highest BCUT2D eigenvalue weighted by Crippen LogP contribution is 2.27. The summed E-state index contributed by atoms with van der Waals surface area (Å²) in [6, 6.07) is 10.5. The number of hydrogen-bond donors (Lipinski definition) is 1. The number of rotatable bonds is 2. The predicted molar refractivity (Wildman–Crippen MR) is 82.9 cm³/mol. The topological polar surface area (TPSA) is 57.7 Å². The quantitative estimate of drug-likeness (QED) is 0.782. The molecule has 1 aliphatic rings. The van der Waals surface area contributed by atoms with Crippen LogP contribution in [0.1, 0.15) is 12.0 Å². The van der Waals surface area contributed by atoms with E-state index < -0.39 is 0 Å². The molecule has 0 unspecified atom stereocenters. The molecular formula is C16H15N5. The number of aromatic amines is 1. The Hall–Kier alpha value is -2.69. The average Bonchev–Trinajstić information content (AvgIpc) is 3.04. The molecule has 0 spiro atoms. The van der Waals surface area contributed by atoms with Gasteiger partial charge in [0.25, 0.3) is 0 Å². The predicted octanol–water partition coefficient (Wildman–Crippen LogP) is 2.65. The Morgan fingerprint density at radius 1 is 1.10 bits per heavy atom. The first kappa shape index (κ1) is 12.1. The minimum Gasteiger partial charge on any atom is -0.351 e. The van der Waals surface area contributed by atoms with Crippen LogP contribution in [0, 0.1) is 0 Å². The lowest BCUT2D eigenvalue weighted by Crippen LogP contribution is -2.30. The maximum absolute atomic E-state index is 4.46. The smallest absolute Gasteiger partial charge is 0.160 e. The molecule has 5 nitrogen and oxygen atoms in total. The van der Waals surface area contributed by atoms with Crippen molar-refractivity contribution in [1.82, 2.24) is 20.2 Å². The van der Waals surface area contributed by atoms with Crippen molar-refractivity contribution in [2.45, 2.75) is 6.42 Å². The molecule has 21 heavy (non-hydrogen) atoms. The number of anilines is 1. The van der Waals surface area contributed by atoms with Crippen LogP contribution < -0.4 is 4.90 Å². The van der Waals surface area contributed by atoms with Crippen molar-refractivity contribution in [2.75, 3.05) is 18.0 Å². The van der Waals surface area contributed by atoms with Crippen LogP contribution in [-0.4, -0.2) is 33.3 Å². The molecule has 4 rings (SSSR count). The van der Waals surface area contributed by atoms with Gasteiger partial charge in [-0.15, -0.1) is 0 Å². The molecule has 0 amide bonds. The van der Waals surface area contributed by atoms with Gasteiger partial charge in [-0.3, -0.25) is 5.10 Å². The highest BCUT2D eigenvalue weighted by atomic mass is 15.2. The van der Waals surface area contributed by atoms with Gasteiger partial charge in [0.15, 0.2) is 5.65 Å². The maximum atomic E-state index is 4.46. The van der Waals surface area contributed by atoms with Crippen molar-refractivity contribution in [1.29, 1.82) is 0 Å². The van der Waals surface area contributed by atoms with Gasteiger partial charge < -0.3 is 4.90 Å². The van der Waals surface area contributed by atoms with Crippen molar-refractivity contribution in [2.24, 2.45) is 0 Å². The van der Waals surface area contributed by atoms with Gasteiger partial charge in [-0.25, -0.2) is 9.97 Å². The molecule has 2 aromatic heterocycles. The highest BCUT2D eigenvalue weighted by Gasteiger charge is 2.18. The maximum Gasteiger partial charge on any atom is 0.160 e. The Balaban J connectivity index is 1.69. The van der Waals surface area contributed by atoms with E-state index in [9.17, 15) is 0 Å². The number of fused-ring (bicyclic) bond motifs is 1. The Labute approximate surface area is 122 Å². The highest BCUT2D eigenvalue weighted by molar-refractivity contribution is 5.87. The third-order valence-corrected chi connectivity index (χ3v) is 3.82. The fraction of sp³-hybridized carbons (Fsp3) is 0.188. The second-order valence-corrected chi connectivity index (χ2v) is 5.14. The Morgan fingerprint density at radius 3 is 2.90 bits per heavy atom. The van der Waals surface area contributed by atoms with E-state index in [0.717, 1.165) is 36.4 Å². The van der Waals surface area contributed by atoms with E-state index >= 15 is 0 Å². The molecule has 0 atom stereocenters. The average molecular weight is 277 g/mol. The SMILES string of the molecule is C1=C(c2ccccc2)CN(c2ncnc3[nH]ncc23)CC1.